The smallest absolute Gasteiger partial charge is 0.208 e. The number of sulfonamides is 1. The summed E-state index contributed by atoms with van der Waals surface area (Å²) >= 11 is 2.88. The van der Waals surface area contributed by atoms with Gasteiger partial charge in [0.2, 0.25) is 10.0 Å². The number of hydrogen-bond donors (Lipinski definition) is 1. The molecule has 1 aromatic rings. The average Bonchev–Trinajstić information content (AvgIpc) is 2.66. The summed E-state index contributed by atoms with van der Waals surface area (Å²) in [6.45, 7) is 0. The Labute approximate surface area is 113 Å². The van der Waals surface area contributed by atoms with Gasteiger partial charge in [-0.3, -0.25) is 0 Å². The number of nitrogens with one attached hydrogen (secondary N) is 1. The van der Waals surface area contributed by atoms with Crippen molar-refractivity contribution in [2.45, 2.75) is 36.6 Å². The molecule has 100 valence electrons. The first-order valence-electron chi connectivity index (χ1n) is 5.57. The van der Waals surface area contributed by atoms with E-state index in [9.17, 15) is 17.2 Å². The van der Waals surface area contributed by atoms with Crippen molar-refractivity contribution in [2.75, 3.05) is 0 Å². The molecule has 0 saturated heterocycles. The van der Waals surface area contributed by atoms with Gasteiger partial charge in [0.1, 0.15) is 16.5 Å². The topological polar surface area (TPSA) is 46.2 Å². The van der Waals surface area contributed by atoms with Crippen molar-refractivity contribution in [1.29, 1.82) is 0 Å². The molecule has 1 aromatic carbocycles. The molecule has 1 saturated carbocycles. The summed E-state index contributed by atoms with van der Waals surface area (Å²) in [4.78, 5) is -0.532. The molecule has 0 bridgehead atoms. The molecule has 1 N–H and O–H groups in total. The van der Waals surface area contributed by atoms with Gasteiger partial charge >= 0.3 is 0 Å². The van der Waals surface area contributed by atoms with E-state index in [0.717, 1.165) is 31.7 Å². The second kappa shape index (κ2) is 5.22. The third-order valence-electron chi connectivity index (χ3n) is 2.91. The minimum Gasteiger partial charge on any atom is -0.208 e. The zero-order valence-corrected chi connectivity index (χ0v) is 11.8. The van der Waals surface area contributed by atoms with Crippen LogP contribution in [0, 0.1) is 11.6 Å². The average molecular weight is 340 g/mol. The number of halogens is 3. The quantitative estimate of drug-likeness (QED) is 0.920. The molecule has 7 heteroatoms. The molecule has 3 nitrogen and oxygen atoms in total. The van der Waals surface area contributed by atoms with E-state index in [1.165, 1.54) is 0 Å². The first kappa shape index (κ1) is 13.9. The zero-order valence-electron chi connectivity index (χ0n) is 9.42. The van der Waals surface area contributed by atoms with Gasteiger partial charge in [-0.05, 0) is 34.8 Å². The summed E-state index contributed by atoms with van der Waals surface area (Å²) in [6.07, 6.45) is 3.42. The maximum atomic E-state index is 13.6. The lowest BCUT2D eigenvalue weighted by atomic mass is 10.3. The van der Waals surface area contributed by atoms with Crippen molar-refractivity contribution < 1.29 is 17.2 Å². The van der Waals surface area contributed by atoms with E-state index in [2.05, 4.69) is 20.7 Å². The van der Waals surface area contributed by atoms with Crippen LogP contribution in [-0.4, -0.2) is 14.5 Å². The van der Waals surface area contributed by atoms with Gasteiger partial charge in [-0.15, -0.1) is 0 Å². The van der Waals surface area contributed by atoms with Gasteiger partial charge in [-0.25, -0.2) is 21.9 Å². The van der Waals surface area contributed by atoms with Crippen molar-refractivity contribution in [1.82, 2.24) is 4.72 Å². The van der Waals surface area contributed by atoms with E-state index in [1.54, 1.807) is 0 Å². The van der Waals surface area contributed by atoms with Gasteiger partial charge in [-0.2, -0.15) is 0 Å². The Balaban J connectivity index is 2.34. The third-order valence-corrected chi connectivity index (χ3v) is 5.39. The lowest BCUT2D eigenvalue weighted by molar-refractivity contribution is 0.527. The molecule has 1 fully saturated rings. The van der Waals surface area contributed by atoms with Crippen molar-refractivity contribution in [2.24, 2.45) is 0 Å². The van der Waals surface area contributed by atoms with Gasteiger partial charge in [0.25, 0.3) is 0 Å². The Morgan fingerprint density at radius 3 is 2.39 bits per heavy atom. The minimum absolute atomic E-state index is 0.106. The van der Waals surface area contributed by atoms with Gasteiger partial charge in [0.05, 0.1) is 0 Å². The van der Waals surface area contributed by atoms with E-state index < -0.39 is 26.6 Å². The van der Waals surface area contributed by atoms with E-state index in [0.29, 0.717) is 6.07 Å². The predicted molar refractivity (Wildman–Crippen MR) is 66.6 cm³/mol. The van der Waals surface area contributed by atoms with Gasteiger partial charge in [-0.1, -0.05) is 12.8 Å². The Bertz CT molecular complexity index is 533. The number of hydrogen-bond acceptors (Lipinski definition) is 2. The molecule has 0 aliphatic heterocycles. The van der Waals surface area contributed by atoms with Crippen LogP contribution < -0.4 is 4.72 Å². The standard InChI is InChI=1S/C11H12BrF2NO2S/c12-9-5-7(13)6-10(14)11(9)18(16,17)15-8-3-1-2-4-8/h5-6,8,15H,1-4H2. The van der Waals surface area contributed by atoms with Gasteiger partial charge in [0.15, 0.2) is 0 Å². The van der Waals surface area contributed by atoms with E-state index >= 15 is 0 Å². The van der Waals surface area contributed by atoms with Crippen LogP contribution in [0.25, 0.3) is 0 Å². The van der Waals surface area contributed by atoms with Crippen LogP contribution >= 0.6 is 15.9 Å². The highest BCUT2D eigenvalue weighted by Gasteiger charge is 2.27. The first-order chi connectivity index (χ1) is 8.40. The predicted octanol–water partition coefficient (Wildman–Crippen LogP) is 2.95. The van der Waals surface area contributed by atoms with E-state index in [1.807, 2.05) is 0 Å². The largest absolute Gasteiger partial charge is 0.244 e. The van der Waals surface area contributed by atoms with Crippen molar-refractivity contribution >= 4 is 26.0 Å². The van der Waals surface area contributed by atoms with Crippen LogP contribution in [0.3, 0.4) is 0 Å². The normalized spacial score (nSPS) is 17.3. The Kier molecular flexibility index (Phi) is 4.03. The highest BCUT2D eigenvalue weighted by Crippen LogP contribution is 2.28. The SMILES string of the molecule is O=S(=O)(NC1CCCC1)c1c(F)cc(F)cc1Br. The lowest BCUT2D eigenvalue weighted by Gasteiger charge is -2.14. The summed E-state index contributed by atoms with van der Waals surface area (Å²) in [7, 11) is -3.96. The summed E-state index contributed by atoms with van der Waals surface area (Å²) in [5.74, 6) is -1.91. The summed E-state index contributed by atoms with van der Waals surface area (Å²) in [5.41, 5.74) is 0. The summed E-state index contributed by atoms with van der Waals surface area (Å²) < 4.78 is 52.9. The van der Waals surface area contributed by atoms with E-state index in [-0.39, 0.29) is 10.5 Å². The molecule has 0 heterocycles. The highest BCUT2D eigenvalue weighted by atomic mass is 79.9. The summed E-state index contributed by atoms with van der Waals surface area (Å²) in [6, 6.07) is 1.34. The molecule has 0 spiro atoms. The van der Waals surface area contributed by atoms with Crippen LogP contribution in [-0.2, 0) is 10.0 Å². The molecule has 1 aliphatic carbocycles. The van der Waals surface area contributed by atoms with Gasteiger partial charge in [0, 0.05) is 16.6 Å². The van der Waals surface area contributed by atoms with Crippen LogP contribution in [0.5, 0.6) is 0 Å². The third kappa shape index (κ3) is 2.89. The van der Waals surface area contributed by atoms with Crippen molar-refractivity contribution in [3.8, 4) is 0 Å². The lowest BCUT2D eigenvalue weighted by Crippen LogP contribution is -2.33. The monoisotopic (exact) mass is 339 g/mol. The zero-order chi connectivity index (χ0) is 13.3. The van der Waals surface area contributed by atoms with Crippen LogP contribution in [0.15, 0.2) is 21.5 Å². The van der Waals surface area contributed by atoms with Crippen LogP contribution in [0.2, 0.25) is 0 Å². The number of rotatable bonds is 3. The molecule has 0 atom stereocenters. The fraction of sp³-hybridized carbons (Fsp3) is 0.455. The summed E-state index contributed by atoms with van der Waals surface area (Å²) in [5, 5.41) is 0. The Hall–Kier alpha value is -0.530. The van der Waals surface area contributed by atoms with Crippen LogP contribution in [0.1, 0.15) is 25.7 Å². The Morgan fingerprint density at radius 1 is 1.22 bits per heavy atom. The molecule has 0 amide bonds. The number of benzene rings is 1. The maximum Gasteiger partial charge on any atom is 0.244 e. The maximum absolute atomic E-state index is 13.6. The molecule has 0 radical (unpaired) electrons. The molecule has 2 rings (SSSR count). The molecule has 1 aliphatic rings. The second-order valence-corrected chi connectivity index (χ2v) is 6.81. The van der Waals surface area contributed by atoms with Gasteiger partial charge < -0.3 is 0 Å². The van der Waals surface area contributed by atoms with Crippen molar-refractivity contribution in [3.63, 3.8) is 0 Å². The first-order valence-corrected chi connectivity index (χ1v) is 7.84. The molecular weight excluding hydrogens is 328 g/mol. The molecular formula is C11H12BrF2NO2S. The van der Waals surface area contributed by atoms with Crippen LogP contribution in [0.4, 0.5) is 8.78 Å². The molecule has 18 heavy (non-hydrogen) atoms. The molecule has 0 unspecified atom stereocenters. The molecule has 0 aromatic heterocycles. The fourth-order valence-electron chi connectivity index (χ4n) is 2.11. The van der Waals surface area contributed by atoms with Crippen molar-refractivity contribution in [3.05, 3.63) is 28.2 Å². The highest BCUT2D eigenvalue weighted by molar-refractivity contribution is 9.10. The second-order valence-electron chi connectivity index (χ2n) is 4.30. The fourth-order valence-corrected chi connectivity index (χ4v) is 4.58. The Morgan fingerprint density at radius 2 is 1.83 bits per heavy atom. The minimum atomic E-state index is -3.96. The van der Waals surface area contributed by atoms with E-state index in [4.69, 9.17) is 0 Å².